The fourth-order valence-electron chi connectivity index (χ4n) is 1.46. The number of aromatic nitrogens is 5. The van der Waals surface area contributed by atoms with Gasteiger partial charge in [0, 0.05) is 12.1 Å². The molecule has 0 fully saturated rings. The molecule has 102 valence electrons. The van der Waals surface area contributed by atoms with Gasteiger partial charge in [0.2, 0.25) is 17.0 Å². The minimum atomic E-state index is -0.143. The third-order valence-corrected chi connectivity index (χ3v) is 3.09. The zero-order chi connectivity index (χ0) is 13.8. The quantitative estimate of drug-likeness (QED) is 0.701. The van der Waals surface area contributed by atoms with E-state index in [0.29, 0.717) is 11.0 Å². The van der Waals surface area contributed by atoms with Crippen LogP contribution < -0.4 is 11.1 Å². The zero-order valence-corrected chi connectivity index (χ0v) is 11.4. The summed E-state index contributed by atoms with van der Waals surface area (Å²) in [6, 6.07) is 1.94. The lowest BCUT2D eigenvalue weighted by atomic mass is 10.4. The van der Waals surface area contributed by atoms with Crippen LogP contribution in [-0.4, -0.2) is 36.6 Å². The molecule has 0 aliphatic heterocycles. The molecule has 0 saturated heterocycles. The molecule has 2 aromatic heterocycles. The lowest BCUT2D eigenvalue weighted by Crippen LogP contribution is -2.18. The van der Waals surface area contributed by atoms with Crippen molar-refractivity contribution in [1.29, 1.82) is 0 Å². The SMILES string of the molecule is CC(C)n1nccc1NC(=O)CSc1n[nH]c(N)n1. The summed E-state index contributed by atoms with van der Waals surface area (Å²) in [5.74, 6) is 0.979. The number of carbonyl (C=O) groups is 1. The molecule has 0 unspecified atom stereocenters. The van der Waals surface area contributed by atoms with Gasteiger partial charge < -0.3 is 11.1 Å². The second-order valence-electron chi connectivity index (χ2n) is 4.09. The highest BCUT2D eigenvalue weighted by Crippen LogP contribution is 2.16. The van der Waals surface area contributed by atoms with Gasteiger partial charge in [-0.15, -0.1) is 5.10 Å². The van der Waals surface area contributed by atoms with Crippen LogP contribution in [0.1, 0.15) is 19.9 Å². The summed E-state index contributed by atoms with van der Waals surface area (Å²) in [6.45, 7) is 3.99. The maximum absolute atomic E-state index is 11.8. The molecule has 8 nitrogen and oxygen atoms in total. The summed E-state index contributed by atoms with van der Waals surface area (Å²) < 4.78 is 1.74. The molecule has 0 saturated carbocycles. The van der Waals surface area contributed by atoms with Crippen molar-refractivity contribution in [1.82, 2.24) is 25.0 Å². The molecule has 0 bridgehead atoms. The van der Waals surface area contributed by atoms with Crippen molar-refractivity contribution < 1.29 is 4.79 Å². The molecule has 0 aliphatic rings. The lowest BCUT2D eigenvalue weighted by molar-refractivity contribution is -0.113. The van der Waals surface area contributed by atoms with Gasteiger partial charge >= 0.3 is 0 Å². The number of nitrogens with one attached hydrogen (secondary N) is 2. The van der Waals surface area contributed by atoms with Crippen LogP contribution in [0.2, 0.25) is 0 Å². The van der Waals surface area contributed by atoms with Gasteiger partial charge in [-0.25, -0.2) is 9.78 Å². The van der Waals surface area contributed by atoms with Gasteiger partial charge in [-0.2, -0.15) is 10.1 Å². The van der Waals surface area contributed by atoms with Crippen LogP contribution in [0.15, 0.2) is 17.4 Å². The summed E-state index contributed by atoms with van der Waals surface area (Å²) in [7, 11) is 0. The van der Waals surface area contributed by atoms with Crippen LogP contribution in [0, 0.1) is 0 Å². The molecule has 0 radical (unpaired) electrons. The Morgan fingerprint density at radius 3 is 3.05 bits per heavy atom. The van der Waals surface area contributed by atoms with E-state index in [4.69, 9.17) is 5.73 Å². The molecule has 0 aromatic carbocycles. The van der Waals surface area contributed by atoms with E-state index < -0.39 is 0 Å². The van der Waals surface area contributed by atoms with E-state index >= 15 is 0 Å². The van der Waals surface area contributed by atoms with E-state index in [1.807, 2.05) is 13.8 Å². The Labute approximate surface area is 114 Å². The first-order valence-electron chi connectivity index (χ1n) is 5.70. The fraction of sp³-hybridized carbons (Fsp3) is 0.400. The third kappa shape index (κ3) is 3.47. The van der Waals surface area contributed by atoms with Crippen molar-refractivity contribution in [3.05, 3.63) is 12.3 Å². The Kier molecular flexibility index (Phi) is 4.05. The molecule has 0 atom stereocenters. The standard InChI is InChI=1S/C10H15N7OS/c1-6(2)17-7(3-4-12-17)13-8(18)5-19-10-14-9(11)15-16-10/h3-4,6H,5H2,1-2H3,(H,13,18)(H3,11,14,15,16). The van der Waals surface area contributed by atoms with Crippen LogP contribution in [0.3, 0.4) is 0 Å². The predicted octanol–water partition coefficient (Wildman–Crippen LogP) is 0.895. The lowest BCUT2D eigenvalue weighted by Gasteiger charge is -2.11. The largest absolute Gasteiger partial charge is 0.368 e. The number of thioether (sulfide) groups is 1. The number of nitrogens with two attached hydrogens (primary N) is 1. The first kappa shape index (κ1) is 13.4. The molecule has 1 amide bonds. The molecule has 2 rings (SSSR count). The molecular weight excluding hydrogens is 266 g/mol. The molecular formula is C10H15N7OS. The van der Waals surface area contributed by atoms with Gasteiger partial charge in [0.1, 0.15) is 5.82 Å². The molecule has 4 N–H and O–H groups in total. The average molecular weight is 281 g/mol. The first-order chi connectivity index (χ1) is 9.06. The molecule has 19 heavy (non-hydrogen) atoms. The minimum Gasteiger partial charge on any atom is -0.368 e. The summed E-state index contributed by atoms with van der Waals surface area (Å²) in [5, 5.41) is 13.7. The van der Waals surface area contributed by atoms with Crippen molar-refractivity contribution in [2.24, 2.45) is 0 Å². The molecule has 2 aromatic rings. The Morgan fingerprint density at radius 1 is 1.63 bits per heavy atom. The van der Waals surface area contributed by atoms with Gasteiger partial charge in [0.15, 0.2) is 0 Å². The number of hydrogen-bond donors (Lipinski definition) is 3. The zero-order valence-electron chi connectivity index (χ0n) is 10.6. The van der Waals surface area contributed by atoms with E-state index in [-0.39, 0.29) is 23.7 Å². The Morgan fingerprint density at radius 2 is 2.42 bits per heavy atom. The number of amides is 1. The number of nitrogens with zero attached hydrogens (tertiary/aromatic N) is 4. The Hall–Kier alpha value is -2.03. The molecule has 0 aliphatic carbocycles. The van der Waals surface area contributed by atoms with Gasteiger partial charge in [-0.05, 0) is 13.8 Å². The van der Waals surface area contributed by atoms with Crippen molar-refractivity contribution in [2.75, 3.05) is 16.8 Å². The smallest absolute Gasteiger partial charge is 0.235 e. The molecule has 2 heterocycles. The maximum Gasteiger partial charge on any atom is 0.235 e. The third-order valence-electron chi connectivity index (χ3n) is 2.24. The highest BCUT2D eigenvalue weighted by Gasteiger charge is 2.11. The topological polar surface area (TPSA) is 115 Å². The van der Waals surface area contributed by atoms with Crippen LogP contribution >= 0.6 is 11.8 Å². The number of aromatic amines is 1. The maximum atomic E-state index is 11.8. The number of carbonyl (C=O) groups excluding carboxylic acids is 1. The van der Waals surface area contributed by atoms with Crippen molar-refractivity contribution in [3.63, 3.8) is 0 Å². The highest BCUT2D eigenvalue weighted by molar-refractivity contribution is 7.99. The van der Waals surface area contributed by atoms with Crippen molar-refractivity contribution in [2.45, 2.75) is 25.0 Å². The van der Waals surface area contributed by atoms with Crippen LogP contribution in [0.25, 0.3) is 0 Å². The van der Waals surface area contributed by atoms with E-state index in [0.717, 1.165) is 0 Å². The molecule has 0 spiro atoms. The first-order valence-corrected chi connectivity index (χ1v) is 6.69. The van der Waals surface area contributed by atoms with E-state index in [9.17, 15) is 4.79 Å². The summed E-state index contributed by atoms with van der Waals surface area (Å²) >= 11 is 1.21. The van der Waals surface area contributed by atoms with E-state index in [2.05, 4.69) is 25.6 Å². The van der Waals surface area contributed by atoms with E-state index in [1.54, 1.807) is 16.9 Å². The van der Waals surface area contributed by atoms with Crippen LogP contribution in [0.5, 0.6) is 0 Å². The number of rotatable bonds is 5. The summed E-state index contributed by atoms with van der Waals surface area (Å²) in [4.78, 5) is 15.7. The highest BCUT2D eigenvalue weighted by atomic mass is 32.2. The predicted molar refractivity (Wildman–Crippen MR) is 72.8 cm³/mol. The molecule has 9 heteroatoms. The van der Waals surface area contributed by atoms with Gasteiger partial charge in [-0.1, -0.05) is 11.8 Å². The number of anilines is 2. The van der Waals surface area contributed by atoms with Gasteiger partial charge in [0.25, 0.3) is 0 Å². The van der Waals surface area contributed by atoms with Crippen molar-refractivity contribution in [3.8, 4) is 0 Å². The number of hydrogen-bond acceptors (Lipinski definition) is 6. The number of H-pyrrole nitrogens is 1. The Balaban J connectivity index is 1.89. The second-order valence-corrected chi connectivity index (χ2v) is 5.04. The van der Waals surface area contributed by atoms with Crippen molar-refractivity contribution >= 4 is 29.4 Å². The van der Waals surface area contributed by atoms with Gasteiger partial charge in [-0.3, -0.25) is 4.79 Å². The average Bonchev–Trinajstić information content (AvgIpc) is 2.95. The van der Waals surface area contributed by atoms with E-state index in [1.165, 1.54) is 11.8 Å². The minimum absolute atomic E-state index is 0.143. The summed E-state index contributed by atoms with van der Waals surface area (Å²) in [6.07, 6.45) is 1.65. The fourth-order valence-corrected chi connectivity index (χ4v) is 2.06. The second kappa shape index (κ2) is 5.74. The van der Waals surface area contributed by atoms with Crippen LogP contribution in [-0.2, 0) is 4.79 Å². The van der Waals surface area contributed by atoms with Crippen LogP contribution in [0.4, 0.5) is 11.8 Å². The van der Waals surface area contributed by atoms with Gasteiger partial charge in [0.05, 0.1) is 11.9 Å². The Bertz CT molecular complexity index is 562. The normalized spacial score (nSPS) is 10.9. The number of nitrogen functional groups attached to an aromatic ring is 1. The summed E-state index contributed by atoms with van der Waals surface area (Å²) in [5.41, 5.74) is 5.39. The monoisotopic (exact) mass is 281 g/mol.